The van der Waals surface area contributed by atoms with Gasteiger partial charge in [0.2, 0.25) is 0 Å². The van der Waals surface area contributed by atoms with Crippen molar-refractivity contribution in [3.63, 3.8) is 0 Å². The van der Waals surface area contributed by atoms with Gasteiger partial charge < -0.3 is 5.11 Å². The molecule has 10 heavy (non-hydrogen) atoms. The van der Waals surface area contributed by atoms with Gasteiger partial charge in [0, 0.05) is 0 Å². The topological polar surface area (TPSA) is 127 Å². The van der Waals surface area contributed by atoms with E-state index in [1.807, 2.05) is 0 Å². The molecule has 8 heteroatoms. The van der Waals surface area contributed by atoms with Gasteiger partial charge in [0.1, 0.15) is 0 Å². The lowest BCUT2D eigenvalue weighted by molar-refractivity contribution is -0.149. The average Bonchev–Trinajstić information content (AvgIpc) is 1.60. The summed E-state index contributed by atoms with van der Waals surface area (Å²) in [5.41, 5.74) is 0. The second-order valence-electron chi connectivity index (χ2n) is 1.28. The number of carboxylic acid groups (broad SMARTS) is 1. The summed E-state index contributed by atoms with van der Waals surface area (Å²) in [6.45, 7) is 0. The van der Waals surface area contributed by atoms with Crippen molar-refractivity contribution >= 4 is 22.1 Å². The van der Waals surface area contributed by atoms with Gasteiger partial charge in [-0.25, -0.2) is 14.7 Å². The van der Waals surface area contributed by atoms with Crippen molar-refractivity contribution < 1.29 is 23.1 Å². The van der Waals surface area contributed by atoms with Gasteiger partial charge in [-0.3, -0.25) is 4.79 Å². The zero-order valence-corrected chi connectivity index (χ0v) is 5.38. The van der Waals surface area contributed by atoms with E-state index in [2.05, 4.69) is 5.14 Å². The summed E-state index contributed by atoms with van der Waals surface area (Å²) in [4.78, 5) is 19.6. The molecule has 4 N–H and O–H groups in total. The van der Waals surface area contributed by atoms with E-state index in [9.17, 15) is 18.0 Å². The Labute approximate surface area is 56.0 Å². The highest BCUT2D eigenvalue weighted by molar-refractivity contribution is 7.87. The van der Waals surface area contributed by atoms with Gasteiger partial charge in [-0.15, -0.1) is 0 Å². The van der Waals surface area contributed by atoms with Crippen LogP contribution in [0.1, 0.15) is 0 Å². The van der Waals surface area contributed by atoms with Gasteiger partial charge in [-0.1, -0.05) is 0 Å². The first-order valence-electron chi connectivity index (χ1n) is 1.91. The Morgan fingerprint density at radius 3 is 1.90 bits per heavy atom. The first-order valence-corrected chi connectivity index (χ1v) is 3.45. The van der Waals surface area contributed by atoms with E-state index >= 15 is 0 Å². The van der Waals surface area contributed by atoms with Gasteiger partial charge in [-0.05, 0) is 0 Å². The van der Waals surface area contributed by atoms with Gasteiger partial charge in [0.05, 0.1) is 0 Å². The van der Waals surface area contributed by atoms with Gasteiger partial charge in [-0.2, -0.15) is 8.42 Å². The van der Waals surface area contributed by atoms with Crippen molar-refractivity contribution in [2.75, 3.05) is 0 Å². The maximum atomic E-state index is 9.99. The molecule has 0 saturated heterocycles. The molecule has 0 aromatic rings. The zero-order valence-electron chi connectivity index (χ0n) is 4.57. The van der Waals surface area contributed by atoms with Crippen LogP contribution in [0.5, 0.6) is 0 Å². The van der Waals surface area contributed by atoms with Crippen molar-refractivity contribution in [2.45, 2.75) is 0 Å². The SMILES string of the molecule is NS(=O)(=O)NC(=O)C(=O)O. The Hall–Kier alpha value is -1.15. The smallest absolute Gasteiger partial charge is 0.395 e. The second-order valence-corrected chi connectivity index (χ2v) is 2.58. The molecule has 0 atom stereocenters. The number of carboxylic acids is 1. The fourth-order valence-electron chi connectivity index (χ4n) is 0.173. The molecule has 0 aromatic heterocycles. The van der Waals surface area contributed by atoms with Crippen LogP contribution in [0, 0.1) is 0 Å². The summed E-state index contributed by atoms with van der Waals surface area (Å²) in [7, 11) is -4.25. The maximum Gasteiger partial charge on any atom is 0.395 e. The van der Waals surface area contributed by atoms with Crippen LogP contribution in [0.2, 0.25) is 0 Å². The molecule has 0 rings (SSSR count). The van der Waals surface area contributed by atoms with E-state index in [-0.39, 0.29) is 0 Å². The van der Waals surface area contributed by atoms with Crippen molar-refractivity contribution in [3.05, 3.63) is 0 Å². The lowest BCUT2D eigenvalue weighted by Gasteiger charge is -1.94. The van der Waals surface area contributed by atoms with Crippen LogP contribution in [-0.4, -0.2) is 25.4 Å². The van der Waals surface area contributed by atoms with Gasteiger partial charge in [0.15, 0.2) is 0 Å². The molecule has 0 heterocycles. The predicted octanol–water partition coefficient (Wildman–Crippen LogP) is -2.61. The van der Waals surface area contributed by atoms with Crippen molar-refractivity contribution in [2.24, 2.45) is 5.14 Å². The summed E-state index contributed by atoms with van der Waals surface area (Å²) in [5, 5.41) is 12.1. The Kier molecular flexibility index (Phi) is 2.32. The van der Waals surface area contributed by atoms with E-state index < -0.39 is 22.1 Å². The Morgan fingerprint density at radius 1 is 1.40 bits per heavy atom. The second kappa shape index (κ2) is 2.62. The van der Waals surface area contributed by atoms with Crippen LogP contribution in [-0.2, 0) is 19.8 Å². The highest BCUT2D eigenvalue weighted by Crippen LogP contribution is 1.69. The summed E-state index contributed by atoms with van der Waals surface area (Å²) in [6, 6.07) is 0. The van der Waals surface area contributed by atoms with Crippen LogP contribution >= 0.6 is 0 Å². The quantitative estimate of drug-likeness (QED) is 0.370. The highest BCUT2D eigenvalue weighted by Gasteiger charge is 2.15. The van der Waals surface area contributed by atoms with Crippen LogP contribution in [0.25, 0.3) is 0 Å². The number of nitrogens with two attached hydrogens (primary N) is 1. The molecule has 58 valence electrons. The minimum atomic E-state index is -4.25. The van der Waals surface area contributed by atoms with Crippen molar-refractivity contribution in [1.82, 2.24) is 4.72 Å². The summed E-state index contributed by atoms with van der Waals surface area (Å²) in [6.07, 6.45) is 0. The van der Waals surface area contributed by atoms with E-state index in [1.165, 1.54) is 0 Å². The lowest BCUT2D eigenvalue weighted by Crippen LogP contribution is -2.39. The fourth-order valence-corrected chi connectivity index (χ4v) is 0.519. The summed E-state index contributed by atoms with van der Waals surface area (Å²) in [5.74, 6) is -3.59. The molecule has 0 aliphatic rings. The normalized spacial score (nSPS) is 10.5. The number of carbonyl (C=O) groups is 2. The van der Waals surface area contributed by atoms with Crippen LogP contribution in [0.4, 0.5) is 0 Å². The first-order chi connectivity index (χ1) is 4.33. The molecule has 0 bridgehead atoms. The average molecular weight is 168 g/mol. The standard InChI is InChI=1S/C2H4N2O5S/c3-10(8,9)4-1(5)2(6)7/h(H,4,5)(H,6,7)(H2,3,8,9). The highest BCUT2D eigenvalue weighted by atomic mass is 32.2. The molecule has 0 aromatic carbocycles. The molecule has 0 spiro atoms. The predicted molar refractivity (Wildman–Crippen MR) is 28.9 cm³/mol. The number of hydrogen-bond donors (Lipinski definition) is 3. The van der Waals surface area contributed by atoms with E-state index in [0.717, 1.165) is 4.72 Å². The van der Waals surface area contributed by atoms with Gasteiger partial charge >= 0.3 is 11.9 Å². The lowest BCUT2D eigenvalue weighted by atomic mass is 10.7. The van der Waals surface area contributed by atoms with Crippen LogP contribution < -0.4 is 9.86 Å². The monoisotopic (exact) mass is 168 g/mol. The summed E-state index contributed by atoms with van der Waals surface area (Å²) < 4.78 is 20.9. The Morgan fingerprint density at radius 2 is 1.80 bits per heavy atom. The van der Waals surface area contributed by atoms with E-state index in [4.69, 9.17) is 5.11 Å². The van der Waals surface area contributed by atoms with Crippen LogP contribution in [0.15, 0.2) is 0 Å². The zero-order chi connectivity index (χ0) is 8.36. The third-order valence-corrected chi connectivity index (χ3v) is 0.899. The number of nitrogens with one attached hydrogen (secondary N) is 1. The molecule has 0 aliphatic carbocycles. The third-order valence-electron chi connectivity index (χ3n) is 0.429. The Bertz CT molecular complexity index is 253. The van der Waals surface area contributed by atoms with Crippen molar-refractivity contribution in [3.8, 4) is 0 Å². The molecule has 0 unspecified atom stereocenters. The maximum absolute atomic E-state index is 9.99. The molecular weight excluding hydrogens is 164 g/mol. The largest absolute Gasteiger partial charge is 0.474 e. The first kappa shape index (κ1) is 8.85. The van der Waals surface area contributed by atoms with Crippen LogP contribution in [0.3, 0.4) is 0 Å². The van der Waals surface area contributed by atoms with E-state index in [0.29, 0.717) is 0 Å². The number of hydrogen-bond acceptors (Lipinski definition) is 4. The fraction of sp³-hybridized carbons (Fsp3) is 0. The van der Waals surface area contributed by atoms with Gasteiger partial charge in [0.25, 0.3) is 10.2 Å². The molecule has 0 fully saturated rings. The molecule has 0 saturated carbocycles. The van der Waals surface area contributed by atoms with Crippen molar-refractivity contribution in [1.29, 1.82) is 0 Å². The molecule has 7 nitrogen and oxygen atoms in total. The number of aliphatic carboxylic acids is 1. The molecule has 0 aliphatic heterocycles. The molecule has 0 radical (unpaired) electrons. The number of amides is 1. The Balaban J connectivity index is 4.21. The third kappa shape index (κ3) is 3.80. The number of rotatable bonds is 1. The minimum Gasteiger partial charge on any atom is -0.474 e. The minimum absolute atomic E-state index is 1.03. The number of carbonyl (C=O) groups excluding carboxylic acids is 1. The molecule has 1 amide bonds. The van der Waals surface area contributed by atoms with E-state index in [1.54, 1.807) is 0 Å². The summed E-state index contributed by atoms with van der Waals surface area (Å²) >= 11 is 0. The molecular formula is C2H4N2O5S.